The van der Waals surface area contributed by atoms with Crippen LogP contribution in [0, 0.1) is 0 Å². The van der Waals surface area contributed by atoms with Gasteiger partial charge in [0.2, 0.25) is 0 Å². The number of carbonyl (C=O) groups excluding carboxylic acids is 2. The van der Waals surface area contributed by atoms with Crippen molar-refractivity contribution < 1.29 is 19.5 Å². The van der Waals surface area contributed by atoms with Gasteiger partial charge in [-0.2, -0.15) is 0 Å². The van der Waals surface area contributed by atoms with Crippen molar-refractivity contribution in [2.45, 2.75) is 11.4 Å². The fraction of sp³-hybridized carbons (Fsp3) is 0.267. The summed E-state index contributed by atoms with van der Waals surface area (Å²) in [6.45, 7) is 0. The Bertz CT molecular complexity index is 707. The lowest BCUT2D eigenvalue weighted by molar-refractivity contribution is -0.148. The number of hydrogen-bond acceptors (Lipinski definition) is 4. The predicted molar refractivity (Wildman–Crippen MR) is 89.2 cm³/mol. The molecule has 0 spiro atoms. The standard InChI is InChI=1S/C15H13BrN2O4S/c16-6-9-7-23-14-10(13(20)18(14)11(9)15(21)22)17-12(19)8-4-2-1-3-5-8/h1-5,10,14H,6-7H2,(H,17,19)(H,21,22)/t10?,14-/m0/s1. The first-order chi connectivity index (χ1) is 11.0. The van der Waals surface area contributed by atoms with Gasteiger partial charge in [0.15, 0.2) is 0 Å². The monoisotopic (exact) mass is 396 g/mol. The number of amides is 2. The number of aliphatic carboxylic acids is 1. The van der Waals surface area contributed by atoms with Crippen LogP contribution in [0.15, 0.2) is 41.6 Å². The van der Waals surface area contributed by atoms with Gasteiger partial charge in [0.1, 0.15) is 17.1 Å². The highest BCUT2D eigenvalue weighted by Crippen LogP contribution is 2.40. The Kier molecular flexibility index (Phi) is 4.45. The highest BCUT2D eigenvalue weighted by molar-refractivity contribution is 9.09. The Hall–Kier alpha value is -1.80. The van der Waals surface area contributed by atoms with E-state index in [1.54, 1.807) is 30.3 Å². The Morgan fingerprint density at radius 1 is 1.35 bits per heavy atom. The number of rotatable bonds is 4. The van der Waals surface area contributed by atoms with Crippen LogP contribution in [0.2, 0.25) is 0 Å². The van der Waals surface area contributed by atoms with E-state index in [1.165, 1.54) is 16.7 Å². The van der Waals surface area contributed by atoms with E-state index in [4.69, 9.17) is 0 Å². The maximum Gasteiger partial charge on any atom is 0.352 e. The Labute approximate surface area is 145 Å². The summed E-state index contributed by atoms with van der Waals surface area (Å²) in [5.74, 6) is -1.33. The first-order valence-corrected chi connectivity index (χ1v) is 9.03. The maximum absolute atomic E-state index is 12.3. The topological polar surface area (TPSA) is 86.7 Å². The van der Waals surface area contributed by atoms with Crippen molar-refractivity contribution in [1.82, 2.24) is 10.2 Å². The highest BCUT2D eigenvalue weighted by atomic mass is 79.9. The van der Waals surface area contributed by atoms with Gasteiger partial charge in [0.25, 0.3) is 11.8 Å². The van der Waals surface area contributed by atoms with Gasteiger partial charge >= 0.3 is 5.97 Å². The Morgan fingerprint density at radius 3 is 2.65 bits per heavy atom. The van der Waals surface area contributed by atoms with Crippen LogP contribution in [-0.2, 0) is 9.59 Å². The van der Waals surface area contributed by atoms with E-state index >= 15 is 0 Å². The summed E-state index contributed by atoms with van der Waals surface area (Å²) in [4.78, 5) is 37.2. The van der Waals surface area contributed by atoms with E-state index < -0.39 is 12.0 Å². The quantitative estimate of drug-likeness (QED) is 0.593. The van der Waals surface area contributed by atoms with Crippen molar-refractivity contribution in [2.24, 2.45) is 0 Å². The summed E-state index contributed by atoms with van der Waals surface area (Å²) in [5.41, 5.74) is 1.16. The lowest BCUT2D eigenvalue weighted by Crippen LogP contribution is -2.70. The van der Waals surface area contributed by atoms with Gasteiger partial charge in [0, 0.05) is 16.6 Å². The number of nitrogens with one attached hydrogen (secondary N) is 1. The van der Waals surface area contributed by atoms with Crippen LogP contribution in [0.1, 0.15) is 10.4 Å². The molecule has 1 aromatic rings. The van der Waals surface area contributed by atoms with Gasteiger partial charge in [-0.15, -0.1) is 11.8 Å². The first-order valence-electron chi connectivity index (χ1n) is 6.86. The number of nitrogens with zero attached hydrogens (tertiary/aromatic N) is 1. The normalized spacial score (nSPS) is 23.2. The first kappa shape index (κ1) is 16.1. The van der Waals surface area contributed by atoms with E-state index in [1.807, 2.05) is 0 Å². The minimum Gasteiger partial charge on any atom is -0.477 e. The number of benzene rings is 1. The summed E-state index contributed by atoms with van der Waals surface area (Å²) >= 11 is 4.71. The molecule has 2 aliphatic heterocycles. The van der Waals surface area contributed by atoms with Crippen molar-refractivity contribution in [1.29, 1.82) is 0 Å². The van der Waals surface area contributed by atoms with Gasteiger partial charge < -0.3 is 10.4 Å². The van der Waals surface area contributed by atoms with E-state index in [0.717, 1.165) is 0 Å². The molecule has 2 N–H and O–H groups in total. The number of carboxylic acids is 1. The molecule has 0 radical (unpaired) electrons. The number of hydrogen-bond donors (Lipinski definition) is 2. The van der Waals surface area contributed by atoms with Gasteiger partial charge in [-0.1, -0.05) is 34.1 Å². The van der Waals surface area contributed by atoms with Gasteiger partial charge in [-0.05, 0) is 17.7 Å². The van der Waals surface area contributed by atoms with E-state index in [-0.39, 0.29) is 22.9 Å². The molecule has 2 heterocycles. The lowest BCUT2D eigenvalue weighted by Gasteiger charge is -2.49. The predicted octanol–water partition coefficient (Wildman–Crippen LogP) is 1.43. The smallest absolute Gasteiger partial charge is 0.352 e. The molecule has 1 unspecified atom stereocenters. The minimum absolute atomic E-state index is 0.0286. The SMILES string of the molecule is O=C(O)C1=C(CBr)CS[C@H]2C(NC(=O)c3ccccc3)C(=O)N12. The second-order valence-electron chi connectivity index (χ2n) is 5.12. The van der Waals surface area contributed by atoms with Crippen molar-refractivity contribution in [3.05, 3.63) is 47.2 Å². The van der Waals surface area contributed by atoms with Gasteiger partial charge in [0.05, 0.1) is 0 Å². The lowest BCUT2D eigenvalue weighted by atomic mass is 10.0. The third-order valence-electron chi connectivity index (χ3n) is 3.73. The number of β-lactam (4-membered cyclic amide) rings is 1. The van der Waals surface area contributed by atoms with Crippen molar-refractivity contribution in [2.75, 3.05) is 11.1 Å². The van der Waals surface area contributed by atoms with E-state index in [9.17, 15) is 19.5 Å². The van der Waals surface area contributed by atoms with Crippen LogP contribution < -0.4 is 5.32 Å². The Balaban J connectivity index is 1.77. The van der Waals surface area contributed by atoms with Crippen LogP contribution in [0.3, 0.4) is 0 Å². The van der Waals surface area contributed by atoms with Crippen LogP contribution in [0.4, 0.5) is 0 Å². The average Bonchev–Trinajstić information content (AvgIpc) is 2.58. The third-order valence-corrected chi connectivity index (χ3v) is 5.75. The number of thioether (sulfide) groups is 1. The molecule has 0 bridgehead atoms. The van der Waals surface area contributed by atoms with E-state index in [2.05, 4.69) is 21.2 Å². The molecule has 6 nitrogen and oxygen atoms in total. The zero-order valence-corrected chi connectivity index (χ0v) is 14.3. The molecule has 23 heavy (non-hydrogen) atoms. The maximum atomic E-state index is 12.3. The molecule has 120 valence electrons. The van der Waals surface area contributed by atoms with E-state index in [0.29, 0.717) is 22.2 Å². The summed E-state index contributed by atoms with van der Waals surface area (Å²) in [6.07, 6.45) is 0. The largest absolute Gasteiger partial charge is 0.477 e. The summed E-state index contributed by atoms with van der Waals surface area (Å²) in [5, 5.41) is 12.1. The minimum atomic E-state index is -1.12. The Morgan fingerprint density at radius 2 is 2.04 bits per heavy atom. The second kappa shape index (κ2) is 6.37. The molecule has 1 aromatic carbocycles. The average molecular weight is 397 g/mol. The zero-order valence-electron chi connectivity index (χ0n) is 11.9. The second-order valence-corrected chi connectivity index (χ2v) is 6.78. The molecular formula is C15H13BrN2O4S. The highest BCUT2D eigenvalue weighted by Gasteiger charge is 2.54. The van der Waals surface area contributed by atoms with Crippen LogP contribution in [0.5, 0.6) is 0 Å². The molecule has 0 aliphatic carbocycles. The van der Waals surface area contributed by atoms with Crippen molar-refractivity contribution >= 4 is 45.5 Å². The number of carboxylic acid groups (broad SMARTS) is 1. The van der Waals surface area contributed by atoms with Gasteiger partial charge in [-0.25, -0.2) is 4.79 Å². The molecule has 2 atom stereocenters. The number of carbonyl (C=O) groups is 3. The summed E-state index contributed by atoms with van der Waals surface area (Å²) in [6, 6.07) is 7.92. The molecule has 2 aliphatic rings. The molecule has 3 rings (SSSR count). The van der Waals surface area contributed by atoms with Gasteiger partial charge in [-0.3, -0.25) is 14.5 Å². The van der Waals surface area contributed by atoms with Crippen molar-refractivity contribution in [3.63, 3.8) is 0 Å². The number of fused-ring (bicyclic) bond motifs is 1. The van der Waals surface area contributed by atoms with Crippen LogP contribution in [-0.4, -0.2) is 50.3 Å². The molecule has 8 heteroatoms. The van der Waals surface area contributed by atoms with Crippen LogP contribution in [0.25, 0.3) is 0 Å². The van der Waals surface area contributed by atoms with Crippen molar-refractivity contribution in [3.8, 4) is 0 Å². The van der Waals surface area contributed by atoms with Crippen LogP contribution >= 0.6 is 27.7 Å². The number of alkyl halides is 1. The molecule has 0 aromatic heterocycles. The molecular weight excluding hydrogens is 384 g/mol. The molecule has 0 saturated carbocycles. The number of halogens is 1. The molecule has 1 saturated heterocycles. The fourth-order valence-electron chi connectivity index (χ4n) is 2.60. The zero-order chi connectivity index (χ0) is 16.6. The third kappa shape index (κ3) is 2.76. The fourth-order valence-corrected chi connectivity index (χ4v) is 4.67. The molecule has 2 amide bonds. The molecule has 1 fully saturated rings. The summed E-state index contributed by atoms with van der Waals surface area (Å²) in [7, 11) is 0. The summed E-state index contributed by atoms with van der Waals surface area (Å²) < 4.78 is 0.